The SMILES string of the molecule is N/C(CCCN1CCN(c2ccccc2Cl)CC1)=N\O. The Balaban J connectivity index is 1.77. The Morgan fingerprint density at radius 3 is 2.60 bits per heavy atom. The highest BCUT2D eigenvalue weighted by atomic mass is 35.5. The summed E-state index contributed by atoms with van der Waals surface area (Å²) in [6.45, 7) is 4.97. The Hall–Kier alpha value is -1.46. The zero-order valence-corrected chi connectivity index (χ0v) is 12.3. The van der Waals surface area contributed by atoms with Gasteiger partial charge in [-0.3, -0.25) is 4.90 Å². The van der Waals surface area contributed by atoms with E-state index in [0.717, 1.165) is 49.9 Å². The van der Waals surface area contributed by atoms with Crippen LogP contribution >= 0.6 is 11.6 Å². The van der Waals surface area contributed by atoms with E-state index in [4.69, 9.17) is 22.5 Å². The second kappa shape index (κ2) is 7.36. The molecule has 0 bridgehead atoms. The molecule has 110 valence electrons. The van der Waals surface area contributed by atoms with Gasteiger partial charge in [0.05, 0.1) is 10.7 Å². The van der Waals surface area contributed by atoms with Gasteiger partial charge in [-0.2, -0.15) is 0 Å². The Labute approximate surface area is 124 Å². The van der Waals surface area contributed by atoms with Gasteiger partial charge >= 0.3 is 0 Å². The molecule has 0 unspecified atom stereocenters. The molecule has 1 saturated heterocycles. The van der Waals surface area contributed by atoms with Gasteiger partial charge in [0.15, 0.2) is 0 Å². The molecule has 0 aromatic heterocycles. The Kier molecular flexibility index (Phi) is 5.49. The maximum Gasteiger partial charge on any atom is 0.139 e. The van der Waals surface area contributed by atoms with E-state index in [0.29, 0.717) is 12.3 Å². The highest BCUT2D eigenvalue weighted by molar-refractivity contribution is 6.33. The number of oxime groups is 1. The molecule has 0 aliphatic carbocycles. The van der Waals surface area contributed by atoms with Gasteiger partial charge in [0.25, 0.3) is 0 Å². The molecule has 0 radical (unpaired) electrons. The minimum Gasteiger partial charge on any atom is -0.409 e. The summed E-state index contributed by atoms with van der Waals surface area (Å²) in [5, 5.41) is 12.3. The van der Waals surface area contributed by atoms with Gasteiger partial charge in [0.2, 0.25) is 0 Å². The van der Waals surface area contributed by atoms with Crippen molar-refractivity contribution in [2.45, 2.75) is 12.8 Å². The molecule has 0 amide bonds. The number of piperazine rings is 1. The van der Waals surface area contributed by atoms with Crippen molar-refractivity contribution in [2.75, 3.05) is 37.6 Å². The molecule has 20 heavy (non-hydrogen) atoms. The van der Waals surface area contributed by atoms with Gasteiger partial charge in [0, 0.05) is 32.6 Å². The zero-order chi connectivity index (χ0) is 14.4. The molecule has 0 atom stereocenters. The molecular formula is C14H21ClN4O. The highest BCUT2D eigenvalue weighted by Gasteiger charge is 2.18. The molecule has 3 N–H and O–H groups in total. The number of halogens is 1. The van der Waals surface area contributed by atoms with Crippen LogP contribution in [0.3, 0.4) is 0 Å². The lowest BCUT2D eigenvalue weighted by Gasteiger charge is -2.36. The van der Waals surface area contributed by atoms with E-state index in [9.17, 15) is 0 Å². The van der Waals surface area contributed by atoms with Gasteiger partial charge in [-0.1, -0.05) is 28.9 Å². The predicted octanol–water partition coefficient (Wildman–Crippen LogP) is 1.99. The molecular weight excluding hydrogens is 276 g/mol. The summed E-state index contributed by atoms with van der Waals surface area (Å²) >= 11 is 6.22. The van der Waals surface area contributed by atoms with Crippen LogP contribution in [0, 0.1) is 0 Å². The number of rotatable bonds is 5. The summed E-state index contributed by atoms with van der Waals surface area (Å²) in [6, 6.07) is 7.97. The van der Waals surface area contributed by atoms with Crippen molar-refractivity contribution < 1.29 is 5.21 Å². The fourth-order valence-corrected chi connectivity index (χ4v) is 2.71. The van der Waals surface area contributed by atoms with Crippen LogP contribution in [0.1, 0.15) is 12.8 Å². The predicted molar refractivity (Wildman–Crippen MR) is 82.7 cm³/mol. The summed E-state index contributed by atoms with van der Waals surface area (Å²) in [5.74, 6) is 0.305. The average Bonchev–Trinajstić information content (AvgIpc) is 2.48. The minimum atomic E-state index is 0.305. The monoisotopic (exact) mass is 296 g/mol. The van der Waals surface area contributed by atoms with Crippen molar-refractivity contribution in [2.24, 2.45) is 10.9 Å². The third-order valence-corrected chi connectivity index (χ3v) is 3.92. The van der Waals surface area contributed by atoms with Crippen molar-refractivity contribution in [3.8, 4) is 0 Å². The van der Waals surface area contributed by atoms with Gasteiger partial charge in [0.1, 0.15) is 5.84 Å². The van der Waals surface area contributed by atoms with Crippen molar-refractivity contribution in [1.82, 2.24) is 4.90 Å². The van der Waals surface area contributed by atoms with Crippen LogP contribution in [-0.4, -0.2) is 48.7 Å². The lowest BCUT2D eigenvalue weighted by molar-refractivity contribution is 0.255. The van der Waals surface area contributed by atoms with Gasteiger partial charge in [-0.15, -0.1) is 0 Å². The summed E-state index contributed by atoms with van der Waals surface area (Å²) in [4.78, 5) is 4.72. The Morgan fingerprint density at radius 2 is 1.95 bits per heavy atom. The summed E-state index contributed by atoms with van der Waals surface area (Å²) in [7, 11) is 0. The molecule has 1 aromatic carbocycles. The van der Waals surface area contributed by atoms with Crippen LogP contribution < -0.4 is 10.6 Å². The second-order valence-electron chi connectivity index (χ2n) is 4.97. The third-order valence-electron chi connectivity index (χ3n) is 3.60. The molecule has 1 fully saturated rings. The van der Waals surface area contributed by atoms with Crippen LogP contribution in [0.2, 0.25) is 5.02 Å². The topological polar surface area (TPSA) is 65.1 Å². The molecule has 0 spiro atoms. The molecule has 0 saturated carbocycles. The normalized spacial score (nSPS) is 17.4. The molecule has 2 rings (SSSR count). The maximum atomic E-state index is 8.49. The van der Waals surface area contributed by atoms with Crippen molar-refractivity contribution in [3.05, 3.63) is 29.3 Å². The Morgan fingerprint density at radius 1 is 1.25 bits per heavy atom. The van der Waals surface area contributed by atoms with Crippen molar-refractivity contribution in [3.63, 3.8) is 0 Å². The lowest BCUT2D eigenvalue weighted by atomic mass is 10.2. The fraction of sp³-hybridized carbons (Fsp3) is 0.500. The first-order chi connectivity index (χ1) is 9.70. The highest BCUT2D eigenvalue weighted by Crippen LogP contribution is 2.25. The number of para-hydroxylation sites is 1. The van der Waals surface area contributed by atoms with Crippen LogP contribution in [0.5, 0.6) is 0 Å². The number of amidine groups is 1. The molecule has 5 nitrogen and oxygen atoms in total. The molecule has 1 aliphatic rings. The number of nitrogens with zero attached hydrogens (tertiary/aromatic N) is 3. The first-order valence-electron chi connectivity index (χ1n) is 6.89. The van der Waals surface area contributed by atoms with Crippen molar-refractivity contribution >= 4 is 23.1 Å². The molecule has 6 heteroatoms. The second-order valence-corrected chi connectivity index (χ2v) is 5.38. The van der Waals surface area contributed by atoms with E-state index in [1.165, 1.54) is 0 Å². The fourth-order valence-electron chi connectivity index (χ4n) is 2.45. The smallest absolute Gasteiger partial charge is 0.139 e. The number of benzene rings is 1. The largest absolute Gasteiger partial charge is 0.409 e. The summed E-state index contributed by atoms with van der Waals surface area (Å²) in [5.41, 5.74) is 6.58. The number of hydrogen-bond acceptors (Lipinski definition) is 4. The van der Waals surface area contributed by atoms with E-state index in [1.807, 2.05) is 18.2 Å². The minimum absolute atomic E-state index is 0.305. The van der Waals surface area contributed by atoms with Crippen LogP contribution in [-0.2, 0) is 0 Å². The summed E-state index contributed by atoms with van der Waals surface area (Å²) < 4.78 is 0. The quantitative estimate of drug-likeness (QED) is 0.377. The average molecular weight is 297 g/mol. The number of hydrogen-bond donors (Lipinski definition) is 2. The number of nitrogens with two attached hydrogens (primary N) is 1. The van der Waals surface area contributed by atoms with Crippen LogP contribution in [0.4, 0.5) is 5.69 Å². The van der Waals surface area contributed by atoms with E-state index >= 15 is 0 Å². The van der Waals surface area contributed by atoms with Gasteiger partial charge in [-0.25, -0.2) is 0 Å². The molecule has 1 aliphatic heterocycles. The van der Waals surface area contributed by atoms with Crippen molar-refractivity contribution in [1.29, 1.82) is 0 Å². The lowest BCUT2D eigenvalue weighted by Crippen LogP contribution is -2.46. The standard InChI is InChI=1S/C14H21ClN4O/c15-12-4-1-2-5-13(12)19-10-8-18(9-11-19)7-3-6-14(16)17-20/h1-2,4-5,20H,3,6-11H2,(H2,16,17). The van der Waals surface area contributed by atoms with Gasteiger partial charge in [-0.05, 0) is 25.1 Å². The van der Waals surface area contributed by atoms with E-state index < -0.39 is 0 Å². The van der Waals surface area contributed by atoms with Crippen LogP contribution in [0.25, 0.3) is 0 Å². The Bertz CT molecular complexity index is 458. The number of anilines is 1. The van der Waals surface area contributed by atoms with Crippen LogP contribution in [0.15, 0.2) is 29.4 Å². The first kappa shape index (κ1) is 14.9. The zero-order valence-electron chi connectivity index (χ0n) is 11.5. The molecule has 1 heterocycles. The van der Waals surface area contributed by atoms with E-state index in [2.05, 4.69) is 21.0 Å². The van der Waals surface area contributed by atoms with E-state index in [1.54, 1.807) is 0 Å². The summed E-state index contributed by atoms with van der Waals surface area (Å²) in [6.07, 6.45) is 1.56. The first-order valence-corrected chi connectivity index (χ1v) is 7.26. The third kappa shape index (κ3) is 4.02. The van der Waals surface area contributed by atoms with E-state index in [-0.39, 0.29) is 0 Å². The van der Waals surface area contributed by atoms with Gasteiger partial charge < -0.3 is 15.8 Å². The molecule has 1 aromatic rings. The maximum absolute atomic E-state index is 8.49.